The number of piperidine rings is 1. The molecule has 18 heteroatoms. The van der Waals surface area contributed by atoms with Crippen LogP contribution in [0.4, 0.5) is 0 Å². The predicted molar refractivity (Wildman–Crippen MR) is 203 cm³/mol. The van der Waals surface area contributed by atoms with Crippen LogP contribution in [-0.4, -0.2) is 110 Å². The molecule has 4 aromatic rings. The van der Waals surface area contributed by atoms with Gasteiger partial charge in [-0.2, -0.15) is 0 Å². The highest BCUT2D eigenvalue weighted by molar-refractivity contribution is 7.15. The maximum atomic E-state index is 13.6. The molecular weight excluding hydrogens is 762 g/mol. The highest BCUT2D eigenvalue weighted by Crippen LogP contribution is 2.40. The first-order valence-electron chi connectivity index (χ1n) is 18.1. The zero-order valence-corrected chi connectivity index (χ0v) is 32.2. The average molecular weight is 798 g/mol. The summed E-state index contributed by atoms with van der Waals surface area (Å²) in [6.45, 7) is 6.90. The number of hydrogen-bond donors (Lipinski definition) is 2. The Labute approximate surface area is 329 Å². The van der Waals surface area contributed by atoms with E-state index in [1.54, 1.807) is 21.2 Å². The molecule has 1 unspecified atom stereocenters. The van der Waals surface area contributed by atoms with Gasteiger partial charge in [-0.3, -0.25) is 54.0 Å². The molecule has 4 aliphatic rings. The SMILES string of the molecule is Cc1sc2c(c1C)C(c1ccc(Cl)cc1)=N[C@@H](CC(=O)NN1CCN(C(=O)COc3cccc4c3C(=O)N(C3CCC(=O)NC3=O)C4=O)CC1)c1nnc(C)n1-2. The van der Waals surface area contributed by atoms with Gasteiger partial charge in [-0.05, 0) is 57.0 Å². The third kappa shape index (κ3) is 6.64. The monoisotopic (exact) mass is 797 g/mol. The summed E-state index contributed by atoms with van der Waals surface area (Å²) in [4.78, 5) is 86.2. The van der Waals surface area contributed by atoms with Crippen LogP contribution in [0.3, 0.4) is 0 Å². The first-order valence-corrected chi connectivity index (χ1v) is 19.2. The van der Waals surface area contributed by atoms with Gasteiger partial charge in [0.15, 0.2) is 12.4 Å². The normalized spacial score (nSPS) is 19.5. The van der Waals surface area contributed by atoms with E-state index in [4.69, 9.17) is 21.3 Å². The molecule has 0 bridgehead atoms. The van der Waals surface area contributed by atoms with Crippen molar-refractivity contribution >= 4 is 64.1 Å². The fourth-order valence-electron chi connectivity index (χ4n) is 7.43. The van der Waals surface area contributed by atoms with Crippen molar-refractivity contribution in [2.24, 2.45) is 4.99 Å². The number of carbonyl (C=O) groups excluding carboxylic acids is 6. The number of hydrazine groups is 1. The fraction of sp³-hybridized carbons (Fsp3) is 0.342. The summed E-state index contributed by atoms with van der Waals surface area (Å²) in [5.41, 5.74) is 6.68. The number of imide groups is 2. The van der Waals surface area contributed by atoms with E-state index in [0.717, 1.165) is 37.2 Å². The van der Waals surface area contributed by atoms with Crippen LogP contribution in [0.2, 0.25) is 5.02 Å². The van der Waals surface area contributed by atoms with E-state index < -0.39 is 42.3 Å². The summed E-state index contributed by atoms with van der Waals surface area (Å²) < 4.78 is 7.79. The number of aryl methyl sites for hydroxylation is 2. The number of nitrogens with zero attached hydrogens (tertiary/aromatic N) is 7. The number of ether oxygens (including phenoxy) is 1. The minimum absolute atomic E-state index is 0.000647. The molecule has 56 heavy (non-hydrogen) atoms. The third-order valence-electron chi connectivity index (χ3n) is 10.4. The Kier molecular flexibility index (Phi) is 9.76. The van der Waals surface area contributed by atoms with Crippen LogP contribution in [0.15, 0.2) is 47.5 Å². The number of thiophene rings is 1. The first-order chi connectivity index (χ1) is 26.9. The van der Waals surface area contributed by atoms with E-state index in [9.17, 15) is 28.8 Å². The summed E-state index contributed by atoms with van der Waals surface area (Å²) in [6.07, 6.45) is 0.0212. The molecule has 2 aromatic heterocycles. The van der Waals surface area contributed by atoms with Gasteiger partial charge in [0, 0.05) is 53.6 Å². The van der Waals surface area contributed by atoms with Crippen LogP contribution in [0.1, 0.15) is 79.2 Å². The largest absolute Gasteiger partial charge is 0.483 e. The molecule has 2 N–H and O–H groups in total. The quantitative estimate of drug-likeness (QED) is 0.251. The number of benzene rings is 2. The van der Waals surface area contributed by atoms with Crippen molar-refractivity contribution in [2.75, 3.05) is 32.8 Å². The molecule has 2 fully saturated rings. The summed E-state index contributed by atoms with van der Waals surface area (Å²) in [7, 11) is 0. The number of hydrogen-bond acceptors (Lipinski definition) is 12. The van der Waals surface area contributed by atoms with Crippen molar-refractivity contribution in [3.8, 4) is 10.8 Å². The number of aliphatic imine (C=N–C) groups is 1. The molecule has 0 spiro atoms. The topological polar surface area (TPSA) is 188 Å². The Morgan fingerprint density at radius 1 is 0.964 bits per heavy atom. The lowest BCUT2D eigenvalue weighted by Crippen LogP contribution is -2.55. The summed E-state index contributed by atoms with van der Waals surface area (Å²) >= 11 is 7.86. The van der Waals surface area contributed by atoms with Crippen molar-refractivity contribution in [1.82, 2.24) is 40.3 Å². The summed E-state index contributed by atoms with van der Waals surface area (Å²) in [6, 6.07) is 10.2. The Bertz CT molecular complexity index is 2360. The van der Waals surface area contributed by atoms with E-state index in [1.807, 2.05) is 35.8 Å². The summed E-state index contributed by atoms with van der Waals surface area (Å²) in [5.74, 6) is -1.89. The summed E-state index contributed by atoms with van der Waals surface area (Å²) in [5, 5.41) is 14.3. The van der Waals surface area contributed by atoms with Gasteiger partial charge in [-0.15, -0.1) is 21.5 Å². The van der Waals surface area contributed by atoms with Crippen LogP contribution < -0.4 is 15.5 Å². The Morgan fingerprint density at radius 3 is 2.45 bits per heavy atom. The molecule has 8 rings (SSSR count). The lowest BCUT2D eigenvalue weighted by Gasteiger charge is -2.34. The molecule has 2 atom stereocenters. The van der Waals surface area contributed by atoms with E-state index in [2.05, 4.69) is 34.8 Å². The van der Waals surface area contributed by atoms with E-state index in [-0.39, 0.29) is 48.0 Å². The first kappa shape index (κ1) is 37.2. The second kappa shape index (κ2) is 14.7. The minimum atomic E-state index is -1.12. The zero-order chi connectivity index (χ0) is 39.4. The number of aromatic nitrogens is 3. The van der Waals surface area contributed by atoms with Gasteiger partial charge in [-0.1, -0.05) is 29.8 Å². The molecule has 6 heterocycles. The van der Waals surface area contributed by atoms with E-state index in [1.165, 1.54) is 18.2 Å². The molecule has 0 saturated carbocycles. The lowest BCUT2D eigenvalue weighted by molar-refractivity contribution is -0.137. The lowest BCUT2D eigenvalue weighted by atomic mass is 9.99. The molecule has 0 radical (unpaired) electrons. The second-order valence-electron chi connectivity index (χ2n) is 13.9. The van der Waals surface area contributed by atoms with Crippen LogP contribution in [0, 0.1) is 20.8 Å². The number of piperazine rings is 1. The van der Waals surface area contributed by atoms with Gasteiger partial charge in [0.2, 0.25) is 17.7 Å². The van der Waals surface area contributed by atoms with E-state index in [0.29, 0.717) is 42.9 Å². The highest BCUT2D eigenvalue weighted by atomic mass is 35.5. The van der Waals surface area contributed by atoms with Crippen LogP contribution >= 0.6 is 22.9 Å². The molecule has 2 aromatic carbocycles. The van der Waals surface area contributed by atoms with Crippen LogP contribution in [0.25, 0.3) is 5.00 Å². The zero-order valence-electron chi connectivity index (χ0n) is 30.6. The predicted octanol–water partition coefficient (Wildman–Crippen LogP) is 2.85. The molecule has 16 nitrogen and oxygen atoms in total. The van der Waals surface area contributed by atoms with Gasteiger partial charge >= 0.3 is 0 Å². The Morgan fingerprint density at radius 2 is 1.71 bits per heavy atom. The van der Waals surface area contributed by atoms with Crippen molar-refractivity contribution < 1.29 is 33.5 Å². The molecule has 4 aliphatic heterocycles. The van der Waals surface area contributed by atoms with Gasteiger partial charge in [-0.25, -0.2) is 5.01 Å². The van der Waals surface area contributed by atoms with Crippen molar-refractivity contribution in [3.63, 3.8) is 0 Å². The maximum absolute atomic E-state index is 13.6. The molecule has 2 saturated heterocycles. The molecular formula is C38H36ClN9O7S. The van der Waals surface area contributed by atoms with Crippen LogP contribution in [0.5, 0.6) is 5.75 Å². The van der Waals surface area contributed by atoms with Gasteiger partial charge in [0.25, 0.3) is 17.7 Å². The minimum Gasteiger partial charge on any atom is -0.483 e. The number of rotatable bonds is 8. The molecule has 0 aliphatic carbocycles. The van der Waals surface area contributed by atoms with Gasteiger partial charge in [0.1, 0.15) is 28.7 Å². The van der Waals surface area contributed by atoms with Crippen LogP contribution in [-0.2, 0) is 19.2 Å². The fourth-order valence-corrected chi connectivity index (χ4v) is 8.77. The maximum Gasteiger partial charge on any atom is 0.266 e. The Hall–Kier alpha value is -5.78. The van der Waals surface area contributed by atoms with Gasteiger partial charge < -0.3 is 9.64 Å². The Balaban J connectivity index is 0.903. The average Bonchev–Trinajstić information content (AvgIpc) is 3.75. The standard InChI is InChI=1S/C38H36ClN9O7S/c1-19-20(2)56-38-31(19)33(22-7-9-23(39)10-8-22)40-25(34-43-42-21(3)47(34)38)17-29(50)44-46-15-13-45(14-16-46)30(51)18-55-27-6-4-5-24-32(27)37(54)48(36(24)53)26-11-12-28(49)41-35(26)52/h4-10,25-26H,11-18H2,1-3H3,(H,44,50)(H,41,49,52)/t25-,26?/m0/s1. The van der Waals surface area contributed by atoms with Crippen molar-refractivity contribution in [2.45, 2.75) is 52.1 Å². The number of carbonyl (C=O) groups is 6. The smallest absolute Gasteiger partial charge is 0.266 e. The number of fused-ring (bicyclic) bond motifs is 4. The van der Waals surface area contributed by atoms with Gasteiger partial charge in [0.05, 0.1) is 23.3 Å². The number of halogens is 1. The van der Waals surface area contributed by atoms with Crippen molar-refractivity contribution in [3.05, 3.63) is 91.8 Å². The molecule has 288 valence electrons. The van der Waals surface area contributed by atoms with E-state index >= 15 is 0 Å². The van der Waals surface area contributed by atoms with Crippen molar-refractivity contribution in [1.29, 1.82) is 0 Å². The molecule has 6 amide bonds. The highest BCUT2D eigenvalue weighted by Gasteiger charge is 2.46. The second-order valence-corrected chi connectivity index (χ2v) is 15.6. The third-order valence-corrected chi connectivity index (χ3v) is 11.9. The number of amides is 6. The number of nitrogens with one attached hydrogen (secondary N) is 2.